The first-order valence-corrected chi connectivity index (χ1v) is 8.22. The van der Waals surface area contributed by atoms with Crippen LogP contribution in [0.25, 0.3) is 0 Å². The van der Waals surface area contributed by atoms with Crippen molar-refractivity contribution in [3.8, 4) is 0 Å². The van der Waals surface area contributed by atoms with E-state index in [0.717, 1.165) is 33.8 Å². The number of nitrogens with zero attached hydrogens (tertiary/aromatic N) is 2. The van der Waals surface area contributed by atoms with Crippen LogP contribution in [0.4, 0.5) is 0 Å². The van der Waals surface area contributed by atoms with Crippen molar-refractivity contribution in [3.05, 3.63) is 50.6 Å². The summed E-state index contributed by atoms with van der Waals surface area (Å²) < 4.78 is 3.15. The molecule has 0 aliphatic carbocycles. The highest BCUT2D eigenvalue weighted by atomic mass is 127. The average molecular weight is 404 g/mol. The van der Waals surface area contributed by atoms with E-state index < -0.39 is 0 Å². The maximum atomic E-state index is 6.25. The van der Waals surface area contributed by atoms with Gasteiger partial charge in [0.05, 0.1) is 5.02 Å². The molecule has 0 amide bonds. The van der Waals surface area contributed by atoms with Gasteiger partial charge in [-0.2, -0.15) is 0 Å². The van der Waals surface area contributed by atoms with Gasteiger partial charge >= 0.3 is 0 Å². The third kappa shape index (κ3) is 3.96. The number of benzene rings is 1. The van der Waals surface area contributed by atoms with Gasteiger partial charge in [-0.05, 0) is 53.3 Å². The lowest BCUT2D eigenvalue weighted by molar-refractivity contribution is 0.512. The molecule has 0 spiro atoms. The lowest BCUT2D eigenvalue weighted by Gasteiger charge is -2.19. The molecule has 1 unspecified atom stereocenters. The van der Waals surface area contributed by atoms with Crippen LogP contribution >= 0.6 is 34.2 Å². The van der Waals surface area contributed by atoms with E-state index in [0.29, 0.717) is 0 Å². The van der Waals surface area contributed by atoms with Gasteiger partial charge in [-0.25, -0.2) is 4.98 Å². The van der Waals surface area contributed by atoms with Crippen molar-refractivity contribution in [1.29, 1.82) is 0 Å². The maximum absolute atomic E-state index is 6.25. The Balaban J connectivity index is 2.22. The van der Waals surface area contributed by atoms with Crippen LogP contribution < -0.4 is 5.32 Å². The van der Waals surface area contributed by atoms with Gasteiger partial charge in [0.25, 0.3) is 0 Å². The topological polar surface area (TPSA) is 29.9 Å². The molecule has 5 heteroatoms. The summed E-state index contributed by atoms with van der Waals surface area (Å²) in [5.41, 5.74) is 1.21. The number of imidazole rings is 1. The zero-order valence-electron chi connectivity index (χ0n) is 11.7. The Bertz CT molecular complexity index is 568. The Morgan fingerprint density at radius 1 is 1.45 bits per heavy atom. The summed E-state index contributed by atoms with van der Waals surface area (Å²) in [5, 5.41) is 4.39. The van der Waals surface area contributed by atoms with Crippen LogP contribution in [0.2, 0.25) is 5.02 Å². The van der Waals surface area contributed by atoms with Crippen LogP contribution in [0.1, 0.15) is 30.8 Å². The summed E-state index contributed by atoms with van der Waals surface area (Å²) in [7, 11) is 2.03. The second-order valence-corrected chi connectivity index (χ2v) is 6.41. The van der Waals surface area contributed by atoms with Gasteiger partial charge in [-0.15, -0.1) is 0 Å². The Hall–Kier alpha value is -0.590. The van der Waals surface area contributed by atoms with E-state index in [1.807, 2.05) is 19.4 Å². The Labute approximate surface area is 138 Å². The summed E-state index contributed by atoms with van der Waals surface area (Å²) in [6.07, 6.45) is 5.79. The standard InChI is InChI=1S/C15H19ClIN3/c1-3-6-18-14(10-15-19-7-8-20(15)2)11-4-5-13(17)12(16)9-11/h4-5,7-9,14,18H,3,6,10H2,1-2H3. The van der Waals surface area contributed by atoms with Crippen molar-refractivity contribution in [1.82, 2.24) is 14.9 Å². The SMILES string of the molecule is CCCNC(Cc1nccn1C)c1ccc(I)c(Cl)c1. The molecule has 1 heterocycles. The summed E-state index contributed by atoms with van der Waals surface area (Å²) in [4.78, 5) is 4.42. The van der Waals surface area contributed by atoms with Crippen molar-refractivity contribution in [2.45, 2.75) is 25.8 Å². The molecule has 1 aromatic carbocycles. The molecule has 0 saturated carbocycles. The molecule has 3 nitrogen and oxygen atoms in total. The van der Waals surface area contributed by atoms with Crippen LogP contribution in [0.15, 0.2) is 30.6 Å². The quantitative estimate of drug-likeness (QED) is 0.740. The molecular formula is C15H19ClIN3. The highest BCUT2D eigenvalue weighted by Gasteiger charge is 2.15. The molecule has 2 aromatic rings. The Morgan fingerprint density at radius 2 is 2.25 bits per heavy atom. The van der Waals surface area contributed by atoms with E-state index in [4.69, 9.17) is 11.6 Å². The van der Waals surface area contributed by atoms with Crippen molar-refractivity contribution < 1.29 is 0 Å². The lowest BCUT2D eigenvalue weighted by atomic mass is 10.0. The summed E-state index contributed by atoms with van der Waals surface area (Å²) >= 11 is 8.50. The molecule has 1 N–H and O–H groups in total. The molecule has 0 bridgehead atoms. The van der Waals surface area contributed by atoms with Gasteiger partial charge in [0.2, 0.25) is 0 Å². The minimum absolute atomic E-state index is 0.241. The van der Waals surface area contributed by atoms with Gasteiger partial charge in [0, 0.05) is 35.5 Å². The van der Waals surface area contributed by atoms with Crippen molar-refractivity contribution in [2.75, 3.05) is 6.54 Å². The first-order chi connectivity index (χ1) is 9.61. The first kappa shape index (κ1) is 15.8. The monoisotopic (exact) mass is 403 g/mol. The van der Waals surface area contributed by atoms with Crippen LogP contribution in [-0.4, -0.2) is 16.1 Å². The van der Waals surface area contributed by atoms with Gasteiger partial charge < -0.3 is 9.88 Å². The fourth-order valence-electron chi connectivity index (χ4n) is 2.13. The highest BCUT2D eigenvalue weighted by molar-refractivity contribution is 14.1. The second-order valence-electron chi connectivity index (χ2n) is 4.84. The lowest BCUT2D eigenvalue weighted by Crippen LogP contribution is -2.25. The van der Waals surface area contributed by atoms with E-state index in [1.54, 1.807) is 0 Å². The third-order valence-corrected chi connectivity index (χ3v) is 4.87. The van der Waals surface area contributed by atoms with Gasteiger partial charge in [-0.3, -0.25) is 0 Å². The van der Waals surface area contributed by atoms with Crippen LogP contribution in [-0.2, 0) is 13.5 Å². The molecule has 0 saturated heterocycles. The summed E-state index contributed by atoms with van der Waals surface area (Å²) in [6.45, 7) is 3.16. The predicted molar refractivity (Wildman–Crippen MR) is 92.1 cm³/mol. The van der Waals surface area contributed by atoms with Crippen molar-refractivity contribution >= 4 is 34.2 Å². The summed E-state index contributed by atoms with van der Waals surface area (Å²) in [5.74, 6) is 1.08. The predicted octanol–water partition coefficient (Wildman–Crippen LogP) is 3.96. The molecule has 0 aliphatic heterocycles. The minimum atomic E-state index is 0.241. The fraction of sp³-hybridized carbons (Fsp3) is 0.400. The van der Waals surface area contributed by atoms with E-state index in [-0.39, 0.29) is 6.04 Å². The Kier molecular flexibility index (Phi) is 5.86. The maximum Gasteiger partial charge on any atom is 0.110 e. The number of rotatable bonds is 6. The molecule has 1 atom stereocenters. The molecule has 108 valence electrons. The van der Waals surface area contributed by atoms with E-state index in [2.05, 4.69) is 62.6 Å². The third-order valence-electron chi connectivity index (χ3n) is 3.29. The van der Waals surface area contributed by atoms with E-state index in [1.165, 1.54) is 5.56 Å². The second kappa shape index (κ2) is 7.43. The zero-order valence-corrected chi connectivity index (χ0v) is 14.6. The largest absolute Gasteiger partial charge is 0.338 e. The highest BCUT2D eigenvalue weighted by Crippen LogP contribution is 2.25. The molecular weight excluding hydrogens is 385 g/mol. The fourth-order valence-corrected chi connectivity index (χ4v) is 2.66. The molecule has 1 aromatic heterocycles. The van der Waals surface area contributed by atoms with Crippen molar-refractivity contribution in [3.63, 3.8) is 0 Å². The smallest absolute Gasteiger partial charge is 0.110 e. The van der Waals surface area contributed by atoms with Gasteiger partial charge in [0.15, 0.2) is 0 Å². The molecule has 2 rings (SSSR count). The number of aromatic nitrogens is 2. The number of halogens is 2. The molecule has 0 aliphatic rings. The van der Waals surface area contributed by atoms with Crippen LogP contribution in [0.3, 0.4) is 0 Å². The van der Waals surface area contributed by atoms with E-state index in [9.17, 15) is 0 Å². The van der Waals surface area contributed by atoms with Gasteiger partial charge in [-0.1, -0.05) is 24.6 Å². The van der Waals surface area contributed by atoms with Gasteiger partial charge in [0.1, 0.15) is 5.82 Å². The average Bonchev–Trinajstić information content (AvgIpc) is 2.83. The van der Waals surface area contributed by atoms with Crippen LogP contribution in [0.5, 0.6) is 0 Å². The minimum Gasteiger partial charge on any atom is -0.338 e. The number of hydrogen-bond acceptors (Lipinski definition) is 2. The normalized spacial score (nSPS) is 12.6. The molecule has 0 fully saturated rings. The first-order valence-electron chi connectivity index (χ1n) is 6.76. The number of hydrogen-bond donors (Lipinski definition) is 1. The number of nitrogens with one attached hydrogen (secondary N) is 1. The molecule has 0 radical (unpaired) electrons. The zero-order chi connectivity index (χ0) is 14.5. The summed E-state index contributed by atoms with van der Waals surface area (Å²) in [6, 6.07) is 6.51. The van der Waals surface area contributed by atoms with Crippen LogP contribution in [0, 0.1) is 3.57 Å². The molecule has 20 heavy (non-hydrogen) atoms. The Morgan fingerprint density at radius 3 is 2.85 bits per heavy atom. The van der Waals surface area contributed by atoms with E-state index >= 15 is 0 Å². The number of aryl methyl sites for hydroxylation is 1. The van der Waals surface area contributed by atoms with Crippen molar-refractivity contribution in [2.24, 2.45) is 7.05 Å².